The first-order chi connectivity index (χ1) is 6.22. The molecule has 0 bridgehead atoms. The van der Waals surface area contributed by atoms with E-state index in [0.29, 0.717) is 10.2 Å². The molecule has 1 unspecified atom stereocenters. The Morgan fingerprint density at radius 1 is 1.46 bits per heavy atom. The molecule has 2 rings (SSSR count). The van der Waals surface area contributed by atoms with Gasteiger partial charge in [-0.25, -0.2) is 0 Å². The molecular weight excluding hydrogens is 244 g/mol. The summed E-state index contributed by atoms with van der Waals surface area (Å²) in [6.45, 7) is 2.42. The van der Waals surface area contributed by atoms with Crippen LogP contribution in [0.2, 0.25) is 0 Å². The number of alkyl halides is 1. The highest BCUT2D eigenvalue weighted by atomic mass is 79.9. The van der Waals surface area contributed by atoms with Crippen molar-refractivity contribution >= 4 is 27.3 Å². The minimum Gasteiger partial charge on any atom is -0.148 e. The molecule has 0 aliphatic heterocycles. The Morgan fingerprint density at radius 2 is 2.15 bits per heavy atom. The Labute approximate surface area is 92.5 Å². The van der Waals surface area contributed by atoms with E-state index < -0.39 is 0 Å². The van der Waals surface area contributed by atoms with Crippen molar-refractivity contribution in [3.8, 4) is 0 Å². The van der Waals surface area contributed by atoms with Gasteiger partial charge in [0, 0.05) is 4.88 Å². The summed E-state index contributed by atoms with van der Waals surface area (Å²) < 4.78 is 0. The molecule has 1 heterocycles. The zero-order valence-corrected chi connectivity index (χ0v) is 10.3. The average molecular weight is 259 g/mol. The molecule has 72 valence electrons. The SMILES string of the molecule is CC1(C(Br)c2cccs2)CCCC1. The molecule has 0 saturated heterocycles. The van der Waals surface area contributed by atoms with E-state index in [0.717, 1.165) is 0 Å². The fourth-order valence-corrected chi connectivity index (χ4v) is 4.02. The second-order valence-electron chi connectivity index (χ2n) is 4.24. The number of hydrogen-bond acceptors (Lipinski definition) is 1. The molecule has 1 aromatic heterocycles. The van der Waals surface area contributed by atoms with Crippen LogP contribution in [0.3, 0.4) is 0 Å². The van der Waals surface area contributed by atoms with E-state index in [1.54, 1.807) is 0 Å². The van der Waals surface area contributed by atoms with E-state index in [1.807, 2.05) is 11.3 Å². The van der Waals surface area contributed by atoms with E-state index in [2.05, 4.69) is 40.4 Å². The normalized spacial score (nSPS) is 23.2. The van der Waals surface area contributed by atoms with Crippen molar-refractivity contribution in [2.75, 3.05) is 0 Å². The van der Waals surface area contributed by atoms with Crippen LogP contribution in [0.15, 0.2) is 17.5 Å². The molecule has 1 atom stereocenters. The molecule has 1 aromatic rings. The standard InChI is InChI=1S/C11H15BrS/c1-11(6-2-3-7-11)10(12)9-5-4-8-13-9/h4-5,8,10H,2-3,6-7H2,1H3. The molecule has 1 aliphatic carbocycles. The third kappa shape index (κ3) is 1.84. The van der Waals surface area contributed by atoms with Gasteiger partial charge in [0.2, 0.25) is 0 Å². The van der Waals surface area contributed by atoms with Crippen LogP contribution in [0.1, 0.15) is 42.3 Å². The van der Waals surface area contributed by atoms with Gasteiger partial charge >= 0.3 is 0 Å². The Hall–Kier alpha value is 0.180. The molecular formula is C11H15BrS. The van der Waals surface area contributed by atoms with Crippen molar-refractivity contribution in [1.82, 2.24) is 0 Å². The minimum absolute atomic E-state index is 0.505. The van der Waals surface area contributed by atoms with Gasteiger partial charge < -0.3 is 0 Å². The minimum atomic E-state index is 0.505. The van der Waals surface area contributed by atoms with Crippen molar-refractivity contribution in [3.63, 3.8) is 0 Å². The lowest BCUT2D eigenvalue weighted by molar-refractivity contribution is 0.334. The first-order valence-corrected chi connectivity index (χ1v) is 6.69. The maximum Gasteiger partial charge on any atom is 0.0542 e. The van der Waals surface area contributed by atoms with E-state index in [4.69, 9.17) is 0 Å². The Morgan fingerprint density at radius 3 is 2.69 bits per heavy atom. The Bertz CT molecular complexity index is 260. The lowest BCUT2D eigenvalue weighted by atomic mass is 9.84. The van der Waals surface area contributed by atoms with Crippen LogP contribution in [0.5, 0.6) is 0 Å². The molecule has 0 nitrogen and oxygen atoms in total. The zero-order valence-electron chi connectivity index (χ0n) is 7.92. The van der Waals surface area contributed by atoms with Gasteiger partial charge in [-0.1, -0.05) is 41.8 Å². The Balaban J connectivity index is 2.16. The van der Waals surface area contributed by atoms with Gasteiger partial charge in [-0.3, -0.25) is 0 Å². The van der Waals surface area contributed by atoms with Crippen LogP contribution in [-0.4, -0.2) is 0 Å². The monoisotopic (exact) mass is 258 g/mol. The second-order valence-corrected chi connectivity index (χ2v) is 6.13. The first-order valence-electron chi connectivity index (χ1n) is 4.90. The van der Waals surface area contributed by atoms with Crippen LogP contribution in [0.25, 0.3) is 0 Å². The maximum absolute atomic E-state index is 3.86. The van der Waals surface area contributed by atoms with Gasteiger partial charge in [0.25, 0.3) is 0 Å². The number of halogens is 1. The predicted octanol–water partition coefficient (Wildman–Crippen LogP) is 4.76. The zero-order chi connectivity index (χ0) is 9.31. The summed E-state index contributed by atoms with van der Waals surface area (Å²) in [5.41, 5.74) is 0.505. The number of hydrogen-bond donors (Lipinski definition) is 0. The third-order valence-corrected chi connectivity index (χ3v) is 5.99. The van der Waals surface area contributed by atoms with E-state index in [9.17, 15) is 0 Å². The van der Waals surface area contributed by atoms with Gasteiger partial charge in [-0.15, -0.1) is 11.3 Å². The largest absolute Gasteiger partial charge is 0.148 e. The van der Waals surface area contributed by atoms with E-state index in [-0.39, 0.29) is 0 Å². The van der Waals surface area contributed by atoms with Gasteiger partial charge in [0.1, 0.15) is 0 Å². The smallest absolute Gasteiger partial charge is 0.0542 e. The maximum atomic E-state index is 3.86. The van der Waals surface area contributed by atoms with Crippen molar-refractivity contribution in [1.29, 1.82) is 0 Å². The highest BCUT2D eigenvalue weighted by molar-refractivity contribution is 9.09. The highest BCUT2D eigenvalue weighted by Gasteiger charge is 2.36. The summed E-state index contributed by atoms with van der Waals surface area (Å²) in [4.78, 5) is 2.06. The molecule has 1 saturated carbocycles. The second kappa shape index (κ2) is 3.74. The molecule has 0 aromatic carbocycles. The van der Waals surface area contributed by atoms with Crippen LogP contribution < -0.4 is 0 Å². The quantitative estimate of drug-likeness (QED) is 0.671. The molecule has 0 radical (unpaired) electrons. The molecule has 13 heavy (non-hydrogen) atoms. The molecule has 0 amide bonds. The summed E-state index contributed by atoms with van der Waals surface area (Å²) in [5.74, 6) is 0. The third-order valence-electron chi connectivity index (χ3n) is 3.15. The molecule has 1 fully saturated rings. The van der Waals surface area contributed by atoms with Crippen molar-refractivity contribution in [2.45, 2.75) is 37.4 Å². The van der Waals surface area contributed by atoms with Crippen molar-refractivity contribution in [3.05, 3.63) is 22.4 Å². The van der Waals surface area contributed by atoms with Gasteiger partial charge in [-0.05, 0) is 29.7 Å². The molecule has 2 heteroatoms. The van der Waals surface area contributed by atoms with Crippen LogP contribution in [-0.2, 0) is 0 Å². The Kier molecular flexibility index (Phi) is 2.80. The van der Waals surface area contributed by atoms with E-state index >= 15 is 0 Å². The fourth-order valence-electron chi connectivity index (χ4n) is 2.22. The van der Waals surface area contributed by atoms with E-state index in [1.165, 1.54) is 30.6 Å². The summed E-state index contributed by atoms with van der Waals surface area (Å²) in [5, 5.41) is 2.17. The van der Waals surface area contributed by atoms with Crippen LogP contribution in [0, 0.1) is 5.41 Å². The molecule has 0 N–H and O–H groups in total. The first kappa shape index (κ1) is 9.72. The highest BCUT2D eigenvalue weighted by Crippen LogP contribution is 2.52. The van der Waals surface area contributed by atoms with Crippen LogP contribution >= 0.6 is 27.3 Å². The van der Waals surface area contributed by atoms with Crippen LogP contribution in [0.4, 0.5) is 0 Å². The van der Waals surface area contributed by atoms with Gasteiger partial charge in [0.05, 0.1) is 4.83 Å². The van der Waals surface area contributed by atoms with Gasteiger partial charge in [0.15, 0.2) is 0 Å². The lowest BCUT2D eigenvalue weighted by Gasteiger charge is -2.28. The summed E-state index contributed by atoms with van der Waals surface area (Å²) >= 11 is 5.73. The topological polar surface area (TPSA) is 0 Å². The fraction of sp³-hybridized carbons (Fsp3) is 0.636. The number of rotatable bonds is 2. The summed E-state index contributed by atoms with van der Waals surface area (Å²) in [6, 6.07) is 4.39. The summed E-state index contributed by atoms with van der Waals surface area (Å²) in [7, 11) is 0. The molecule has 1 aliphatic rings. The lowest BCUT2D eigenvalue weighted by Crippen LogP contribution is -2.16. The van der Waals surface area contributed by atoms with Crippen molar-refractivity contribution in [2.24, 2.45) is 5.41 Å². The van der Waals surface area contributed by atoms with Crippen molar-refractivity contribution < 1.29 is 0 Å². The predicted molar refractivity (Wildman–Crippen MR) is 62.6 cm³/mol. The average Bonchev–Trinajstić information content (AvgIpc) is 2.73. The summed E-state index contributed by atoms with van der Waals surface area (Å²) in [6.07, 6.45) is 5.57. The number of thiophene rings is 1. The molecule has 0 spiro atoms. The van der Waals surface area contributed by atoms with Gasteiger partial charge in [-0.2, -0.15) is 0 Å².